The molecule has 2 aromatic heterocycles. The minimum absolute atomic E-state index is 0.874. The van der Waals surface area contributed by atoms with E-state index in [2.05, 4.69) is 39.1 Å². The molecule has 4 rings (SSSR count). The molecule has 0 unspecified atom stereocenters. The van der Waals surface area contributed by atoms with Gasteiger partial charge in [-0.05, 0) is 30.5 Å². The molecule has 0 saturated heterocycles. The zero-order valence-corrected chi connectivity index (χ0v) is 12.9. The molecule has 23 heavy (non-hydrogen) atoms. The molecule has 0 saturated carbocycles. The van der Waals surface area contributed by atoms with Crippen molar-refractivity contribution in [1.82, 2.24) is 15.0 Å². The maximum atomic E-state index is 4.88. The van der Waals surface area contributed by atoms with Gasteiger partial charge in [-0.15, -0.1) is 0 Å². The molecule has 0 aliphatic carbocycles. The predicted molar refractivity (Wildman–Crippen MR) is 91.1 cm³/mol. The summed E-state index contributed by atoms with van der Waals surface area (Å²) in [5, 5.41) is 0. The van der Waals surface area contributed by atoms with E-state index in [1.54, 1.807) is 6.20 Å². The van der Waals surface area contributed by atoms with Crippen LogP contribution in [0, 0.1) is 0 Å². The van der Waals surface area contributed by atoms with E-state index in [4.69, 9.17) is 4.98 Å². The van der Waals surface area contributed by atoms with Crippen LogP contribution in [0.2, 0.25) is 0 Å². The van der Waals surface area contributed by atoms with Crippen LogP contribution < -0.4 is 4.90 Å². The Labute approximate surface area is 135 Å². The topological polar surface area (TPSA) is 41.9 Å². The predicted octanol–water partition coefficient (Wildman–Crippen LogP) is 3.49. The Balaban J connectivity index is 1.69. The van der Waals surface area contributed by atoms with Crippen LogP contribution >= 0.6 is 0 Å². The van der Waals surface area contributed by atoms with Crippen molar-refractivity contribution in [3.8, 4) is 11.3 Å². The second kappa shape index (κ2) is 6.16. The van der Waals surface area contributed by atoms with E-state index >= 15 is 0 Å². The van der Waals surface area contributed by atoms with Crippen LogP contribution in [0.25, 0.3) is 11.3 Å². The maximum absolute atomic E-state index is 4.88. The lowest BCUT2D eigenvalue weighted by molar-refractivity contribution is 0.664. The van der Waals surface area contributed by atoms with Crippen molar-refractivity contribution in [3.63, 3.8) is 0 Å². The standard InChI is InChI=1S/C19H18N4/c1-2-6-15(7-3-1)14-23-11-5-9-17-19(23)22-18(13-21-17)16-8-4-10-20-12-16/h1-4,6-8,10,12-13H,5,9,11,14H2. The van der Waals surface area contributed by atoms with Crippen LogP contribution in [0.5, 0.6) is 0 Å². The number of aromatic nitrogens is 3. The number of hydrogen-bond acceptors (Lipinski definition) is 4. The third-order valence-electron chi connectivity index (χ3n) is 4.14. The lowest BCUT2D eigenvalue weighted by atomic mass is 10.1. The van der Waals surface area contributed by atoms with Gasteiger partial charge in [-0.25, -0.2) is 4.98 Å². The molecule has 0 bridgehead atoms. The number of pyridine rings is 1. The molecule has 1 aromatic carbocycles. The summed E-state index contributed by atoms with van der Waals surface area (Å²) in [5.74, 6) is 1.02. The molecule has 1 aliphatic heterocycles. The van der Waals surface area contributed by atoms with Crippen LogP contribution in [0.3, 0.4) is 0 Å². The van der Waals surface area contributed by atoms with Gasteiger partial charge in [0, 0.05) is 31.0 Å². The number of nitrogens with zero attached hydrogens (tertiary/aromatic N) is 4. The highest BCUT2D eigenvalue weighted by molar-refractivity contribution is 5.60. The van der Waals surface area contributed by atoms with Gasteiger partial charge in [0.1, 0.15) is 0 Å². The largest absolute Gasteiger partial charge is 0.351 e. The molecule has 0 atom stereocenters. The first-order valence-corrected chi connectivity index (χ1v) is 7.95. The van der Waals surface area contributed by atoms with Gasteiger partial charge >= 0.3 is 0 Å². The van der Waals surface area contributed by atoms with Crippen LogP contribution in [0.1, 0.15) is 17.7 Å². The molecule has 0 radical (unpaired) electrons. The molecule has 0 amide bonds. The van der Waals surface area contributed by atoms with Gasteiger partial charge in [0.05, 0.1) is 17.6 Å². The summed E-state index contributed by atoms with van der Waals surface area (Å²) in [5.41, 5.74) is 4.29. The smallest absolute Gasteiger partial charge is 0.151 e. The minimum Gasteiger partial charge on any atom is -0.351 e. The zero-order chi connectivity index (χ0) is 15.5. The summed E-state index contributed by atoms with van der Waals surface area (Å²) in [7, 11) is 0. The van der Waals surface area contributed by atoms with Gasteiger partial charge < -0.3 is 4.90 Å². The first kappa shape index (κ1) is 13.9. The number of anilines is 1. The normalized spacial score (nSPS) is 13.7. The number of fused-ring (bicyclic) bond motifs is 1. The van der Waals surface area contributed by atoms with Gasteiger partial charge in [0.15, 0.2) is 5.82 Å². The van der Waals surface area contributed by atoms with E-state index in [1.165, 1.54) is 5.56 Å². The summed E-state index contributed by atoms with van der Waals surface area (Å²) in [6.07, 6.45) is 7.60. The average molecular weight is 302 g/mol. The van der Waals surface area contributed by atoms with E-state index in [-0.39, 0.29) is 0 Å². The summed E-state index contributed by atoms with van der Waals surface area (Å²) in [6.45, 7) is 1.89. The molecule has 0 spiro atoms. The Hall–Kier alpha value is -2.75. The first-order chi connectivity index (χ1) is 11.4. The van der Waals surface area contributed by atoms with E-state index in [0.29, 0.717) is 0 Å². The highest BCUT2D eigenvalue weighted by Gasteiger charge is 2.20. The Morgan fingerprint density at radius 3 is 2.74 bits per heavy atom. The molecule has 1 aliphatic rings. The molecular weight excluding hydrogens is 284 g/mol. The maximum Gasteiger partial charge on any atom is 0.151 e. The third-order valence-corrected chi connectivity index (χ3v) is 4.14. The van der Waals surface area contributed by atoms with Crippen LogP contribution in [-0.4, -0.2) is 21.5 Å². The van der Waals surface area contributed by atoms with Crippen molar-refractivity contribution in [2.75, 3.05) is 11.4 Å². The van der Waals surface area contributed by atoms with Gasteiger partial charge in [-0.3, -0.25) is 9.97 Å². The molecule has 114 valence electrons. The molecular formula is C19H18N4. The van der Waals surface area contributed by atoms with Gasteiger partial charge in [0.2, 0.25) is 0 Å². The minimum atomic E-state index is 0.874. The van der Waals surface area contributed by atoms with E-state index in [0.717, 1.165) is 48.7 Å². The number of benzene rings is 1. The zero-order valence-electron chi connectivity index (χ0n) is 12.9. The van der Waals surface area contributed by atoms with Gasteiger partial charge in [-0.1, -0.05) is 30.3 Å². The Morgan fingerprint density at radius 2 is 1.91 bits per heavy atom. The Bertz CT molecular complexity index is 787. The highest BCUT2D eigenvalue weighted by Crippen LogP contribution is 2.27. The van der Waals surface area contributed by atoms with Crippen molar-refractivity contribution in [2.24, 2.45) is 0 Å². The molecule has 3 aromatic rings. The third kappa shape index (κ3) is 2.93. The average Bonchev–Trinajstić information content (AvgIpc) is 2.63. The first-order valence-electron chi connectivity index (χ1n) is 7.95. The Kier molecular flexibility index (Phi) is 3.72. The van der Waals surface area contributed by atoms with Crippen molar-refractivity contribution in [3.05, 3.63) is 72.3 Å². The van der Waals surface area contributed by atoms with Crippen LogP contribution in [0.15, 0.2) is 61.1 Å². The van der Waals surface area contributed by atoms with E-state index in [9.17, 15) is 0 Å². The van der Waals surface area contributed by atoms with Crippen molar-refractivity contribution < 1.29 is 0 Å². The van der Waals surface area contributed by atoms with Gasteiger partial charge in [-0.2, -0.15) is 0 Å². The van der Waals surface area contributed by atoms with Crippen molar-refractivity contribution >= 4 is 5.82 Å². The summed E-state index contributed by atoms with van der Waals surface area (Å²) in [4.78, 5) is 16.1. The van der Waals surface area contributed by atoms with Crippen LogP contribution in [0.4, 0.5) is 5.82 Å². The lowest BCUT2D eigenvalue weighted by Crippen LogP contribution is -2.30. The summed E-state index contributed by atoms with van der Waals surface area (Å²) in [6, 6.07) is 14.5. The van der Waals surface area contributed by atoms with E-state index < -0.39 is 0 Å². The second-order valence-electron chi connectivity index (χ2n) is 5.78. The number of hydrogen-bond donors (Lipinski definition) is 0. The monoisotopic (exact) mass is 302 g/mol. The second-order valence-corrected chi connectivity index (χ2v) is 5.78. The molecule has 4 nitrogen and oxygen atoms in total. The lowest BCUT2D eigenvalue weighted by Gasteiger charge is -2.29. The molecule has 0 N–H and O–H groups in total. The van der Waals surface area contributed by atoms with E-state index in [1.807, 2.05) is 30.6 Å². The SMILES string of the molecule is c1ccc(CN2CCCc3ncc(-c4cccnc4)nc32)cc1. The van der Waals surface area contributed by atoms with Crippen molar-refractivity contribution in [2.45, 2.75) is 19.4 Å². The van der Waals surface area contributed by atoms with Gasteiger partial charge in [0.25, 0.3) is 0 Å². The fourth-order valence-electron chi connectivity index (χ4n) is 2.99. The Morgan fingerprint density at radius 1 is 1.00 bits per heavy atom. The summed E-state index contributed by atoms with van der Waals surface area (Å²) < 4.78 is 0. The molecule has 3 heterocycles. The highest BCUT2D eigenvalue weighted by atomic mass is 15.2. The molecule has 0 fully saturated rings. The number of aryl methyl sites for hydroxylation is 1. The summed E-state index contributed by atoms with van der Waals surface area (Å²) >= 11 is 0. The molecule has 4 heteroatoms. The fraction of sp³-hybridized carbons (Fsp3) is 0.211. The van der Waals surface area contributed by atoms with Crippen LogP contribution in [-0.2, 0) is 13.0 Å². The van der Waals surface area contributed by atoms with Crippen molar-refractivity contribution in [1.29, 1.82) is 0 Å². The fourth-order valence-corrected chi connectivity index (χ4v) is 2.99. The number of rotatable bonds is 3. The quantitative estimate of drug-likeness (QED) is 0.742.